The van der Waals surface area contributed by atoms with Crippen LogP contribution in [0.15, 0.2) is 0 Å². The van der Waals surface area contributed by atoms with Crippen LogP contribution in [0, 0.1) is 5.92 Å². The van der Waals surface area contributed by atoms with Crippen LogP contribution in [0.1, 0.15) is 26.2 Å². The molecule has 0 aliphatic carbocycles. The van der Waals surface area contributed by atoms with Crippen LogP contribution in [0.25, 0.3) is 0 Å². The van der Waals surface area contributed by atoms with E-state index in [1.807, 2.05) is 0 Å². The molecule has 0 radical (unpaired) electrons. The van der Waals surface area contributed by atoms with Crippen LogP contribution in [0.5, 0.6) is 0 Å². The summed E-state index contributed by atoms with van der Waals surface area (Å²) in [6, 6.07) is 0. The number of rotatable bonds is 2. The fraction of sp³-hybridized carbons (Fsp3) is 1.00. The van der Waals surface area contributed by atoms with Gasteiger partial charge in [-0.05, 0) is 38.3 Å². The van der Waals surface area contributed by atoms with E-state index in [2.05, 4.69) is 11.8 Å². The Hall–Kier alpha value is -0.0800. The molecule has 0 saturated carbocycles. The Morgan fingerprint density at radius 1 is 1.33 bits per heavy atom. The van der Waals surface area contributed by atoms with Gasteiger partial charge in [0.25, 0.3) is 0 Å². The number of ether oxygens (including phenoxy) is 1. The van der Waals surface area contributed by atoms with Gasteiger partial charge in [0.2, 0.25) is 0 Å². The van der Waals surface area contributed by atoms with Gasteiger partial charge in [-0.25, -0.2) is 0 Å². The minimum Gasteiger partial charge on any atom is -0.372 e. The summed E-state index contributed by atoms with van der Waals surface area (Å²) < 4.78 is 5.24. The minimum atomic E-state index is 0.582. The Morgan fingerprint density at radius 2 is 2.17 bits per heavy atom. The molecular weight excluding hydrogens is 150 g/mol. The maximum Gasteiger partial charge on any atom is 0.0936 e. The first-order valence-corrected chi connectivity index (χ1v) is 5.18. The van der Waals surface area contributed by atoms with Crippen LogP contribution in [0.4, 0.5) is 0 Å². The summed E-state index contributed by atoms with van der Waals surface area (Å²) in [5.41, 5.74) is 0. The van der Waals surface area contributed by atoms with Crippen LogP contribution >= 0.6 is 0 Å². The molecule has 2 heterocycles. The summed E-state index contributed by atoms with van der Waals surface area (Å²) in [5, 5.41) is 0. The van der Waals surface area contributed by atoms with Crippen molar-refractivity contribution >= 4 is 0 Å². The smallest absolute Gasteiger partial charge is 0.0936 e. The molecule has 0 aromatic rings. The number of epoxide rings is 1. The second kappa shape index (κ2) is 3.75. The average molecular weight is 169 g/mol. The fourth-order valence-corrected chi connectivity index (χ4v) is 1.97. The molecule has 1 unspecified atom stereocenters. The Bertz CT molecular complexity index is 145. The highest BCUT2D eigenvalue weighted by Gasteiger charge is 2.26. The summed E-state index contributed by atoms with van der Waals surface area (Å²) in [6.07, 6.45) is 4.77. The van der Waals surface area contributed by atoms with Gasteiger partial charge in [0.05, 0.1) is 12.7 Å². The fourth-order valence-electron chi connectivity index (χ4n) is 1.97. The predicted molar refractivity (Wildman–Crippen MR) is 49.2 cm³/mol. The van der Waals surface area contributed by atoms with E-state index < -0.39 is 0 Å². The normalized spacial score (nSPS) is 37.8. The zero-order valence-electron chi connectivity index (χ0n) is 7.96. The third-order valence-corrected chi connectivity index (χ3v) is 2.97. The molecule has 0 aromatic heterocycles. The highest BCUT2D eigenvalue weighted by molar-refractivity contribution is 4.76. The van der Waals surface area contributed by atoms with Crippen molar-refractivity contribution in [2.75, 3.05) is 26.2 Å². The third kappa shape index (κ3) is 2.46. The van der Waals surface area contributed by atoms with Crippen molar-refractivity contribution in [1.82, 2.24) is 4.90 Å². The average Bonchev–Trinajstić information content (AvgIpc) is 2.83. The van der Waals surface area contributed by atoms with E-state index in [0.29, 0.717) is 6.10 Å². The van der Waals surface area contributed by atoms with Crippen LogP contribution in [-0.4, -0.2) is 37.2 Å². The van der Waals surface area contributed by atoms with E-state index >= 15 is 0 Å². The van der Waals surface area contributed by atoms with Crippen LogP contribution in [0.2, 0.25) is 0 Å². The van der Waals surface area contributed by atoms with Crippen molar-refractivity contribution in [3.8, 4) is 0 Å². The van der Waals surface area contributed by atoms with E-state index in [-0.39, 0.29) is 0 Å². The molecule has 2 aliphatic rings. The Labute approximate surface area is 74.9 Å². The monoisotopic (exact) mass is 169 g/mol. The third-order valence-electron chi connectivity index (χ3n) is 2.97. The van der Waals surface area contributed by atoms with E-state index in [4.69, 9.17) is 4.74 Å². The molecule has 2 atom stereocenters. The zero-order valence-corrected chi connectivity index (χ0v) is 7.96. The van der Waals surface area contributed by atoms with Crippen molar-refractivity contribution in [2.45, 2.75) is 32.3 Å². The zero-order chi connectivity index (χ0) is 8.39. The van der Waals surface area contributed by atoms with Crippen LogP contribution < -0.4 is 0 Å². The van der Waals surface area contributed by atoms with Gasteiger partial charge >= 0.3 is 0 Å². The van der Waals surface area contributed by atoms with Gasteiger partial charge in [0.1, 0.15) is 0 Å². The molecule has 2 heteroatoms. The maximum atomic E-state index is 5.24. The first-order valence-electron chi connectivity index (χ1n) is 5.18. The van der Waals surface area contributed by atoms with Gasteiger partial charge in [0.15, 0.2) is 0 Å². The van der Waals surface area contributed by atoms with Gasteiger partial charge in [-0.1, -0.05) is 6.92 Å². The van der Waals surface area contributed by atoms with Gasteiger partial charge in [0, 0.05) is 6.54 Å². The van der Waals surface area contributed by atoms with Gasteiger partial charge < -0.3 is 9.64 Å². The molecule has 2 nitrogen and oxygen atoms in total. The van der Waals surface area contributed by atoms with Crippen molar-refractivity contribution in [2.24, 2.45) is 5.92 Å². The maximum absolute atomic E-state index is 5.24. The molecule has 2 saturated heterocycles. The first kappa shape index (κ1) is 8.52. The standard InChI is InChI=1S/C10H19NO/c1-9-3-2-5-11(6-4-9)7-10-8-12-10/h9-10H,2-8H2,1H3/t9?,10-/m1/s1. The van der Waals surface area contributed by atoms with Crippen LogP contribution in [-0.2, 0) is 4.74 Å². The molecule has 0 aromatic carbocycles. The lowest BCUT2D eigenvalue weighted by atomic mass is 10.0. The summed E-state index contributed by atoms with van der Waals surface area (Å²) in [6.45, 7) is 7.15. The number of hydrogen-bond acceptors (Lipinski definition) is 2. The first-order chi connectivity index (χ1) is 5.84. The topological polar surface area (TPSA) is 15.8 Å². The lowest BCUT2D eigenvalue weighted by Crippen LogP contribution is -2.28. The molecule has 0 amide bonds. The van der Waals surface area contributed by atoms with E-state index in [0.717, 1.165) is 12.5 Å². The molecule has 2 aliphatic heterocycles. The van der Waals surface area contributed by atoms with Gasteiger partial charge in [-0.15, -0.1) is 0 Å². The lowest BCUT2D eigenvalue weighted by Gasteiger charge is -2.18. The lowest BCUT2D eigenvalue weighted by molar-refractivity contribution is 0.248. The van der Waals surface area contributed by atoms with Gasteiger partial charge in [-0.2, -0.15) is 0 Å². The van der Waals surface area contributed by atoms with Gasteiger partial charge in [-0.3, -0.25) is 0 Å². The molecule has 70 valence electrons. The highest BCUT2D eigenvalue weighted by Crippen LogP contribution is 2.18. The predicted octanol–water partition coefficient (Wildman–Crippen LogP) is 1.51. The van der Waals surface area contributed by atoms with Crippen LogP contribution in [0.3, 0.4) is 0 Å². The molecule has 0 bridgehead atoms. The van der Waals surface area contributed by atoms with E-state index in [1.54, 1.807) is 0 Å². The molecule has 2 rings (SSSR count). The Balaban J connectivity index is 1.73. The second-order valence-electron chi connectivity index (χ2n) is 4.29. The largest absolute Gasteiger partial charge is 0.372 e. The van der Waals surface area contributed by atoms with Crippen molar-refractivity contribution in [3.63, 3.8) is 0 Å². The molecule has 0 spiro atoms. The SMILES string of the molecule is CC1CCCN(C[C@@H]2CO2)CC1. The number of hydrogen-bond donors (Lipinski definition) is 0. The summed E-state index contributed by atoms with van der Waals surface area (Å²) >= 11 is 0. The quantitative estimate of drug-likeness (QED) is 0.582. The minimum absolute atomic E-state index is 0.582. The van der Waals surface area contributed by atoms with E-state index in [1.165, 1.54) is 38.9 Å². The highest BCUT2D eigenvalue weighted by atomic mass is 16.6. The Kier molecular flexibility index (Phi) is 2.66. The van der Waals surface area contributed by atoms with Crippen molar-refractivity contribution < 1.29 is 4.74 Å². The molecule has 12 heavy (non-hydrogen) atoms. The molecular formula is C10H19NO. The van der Waals surface area contributed by atoms with Crippen molar-refractivity contribution in [3.05, 3.63) is 0 Å². The second-order valence-corrected chi connectivity index (χ2v) is 4.29. The number of nitrogens with zero attached hydrogens (tertiary/aromatic N) is 1. The summed E-state index contributed by atoms with van der Waals surface area (Å²) in [4.78, 5) is 2.57. The van der Waals surface area contributed by atoms with Crippen molar-refractivity contribution in [1.29, 1.82) is 0 Å². The number of likely N-dealkylation sites (tertiary alicyclic amines) is 1. The molecule has 0 N–H and O–H groups in total. The van der Waals surface area contributed by atoms with E-state index in [9.17, 15) is 0 Å². The Morgan fingerprint density at radius 3 is 2.92 bits per heavy atom. The molecule has 2 fully saturated rings. The summed E-state index contributed by atoms with van der Waals surface area (Å²) in [5.74, 6) is 0.940. The summed E-state index contributed by atoms with van der Waals surface area (Å²) in [7, 11) is 0.